The molecule has 0 spiro atoms. The van der Waals surface area contributed by atoms with Crippen LogP contribution in [0.5, 0.6) is 5.75 Å². The molecule has 0 bridgehead atoms. The first-order valence-electron chi connectivity index (χ1n) is 7.66. The van der Waals surface area contributed by atoms with Gasteiger partial charge in [0.15, 0.2) is 6.10 Å². The first-order valence-corrected chi connectivity index (χ1v) is 7.66. The number of carbonyl (C=O) groups is 1. The Morgan fingerprint density at radius 1 is 0.909 bits per heavy atom. The molecule has 2 aromatic carbocycles. The molecule has 2 heteroatoms. The summed E-state index contributed by atoms with van der Waals surface area (Å²) in [4.78, 5) is 12.5. The Bertz CT molecular complexity index is 697. The third-order valence-corrected chi connectivity index (χ3v) is 4.44. The van der Waals surface area contributed by atoms with Crippen LogP contribution in [0.15, 0.2) is 30.3 Å². The summed E-state index contributed by atoms with van der Waals surface area (Å²) >= 11 is 0. The Morgan fingerprint density at radius 2 is 1.50 bits per heavy atom. The molecule has 0 aliphatic rings. The van der Waals surface area contributed by atoms with Gasteiger partial charge >= 0.3 is 0 Å². The van der Waals surface area contributed by atoms with Gasteiger partial charge in [-0.15, -0.1) is 0 Å². The van der Waals surface area contributed by atoms with Crippen molar-refractivity contribution in [3.8, 4) is 5.75 Å². The number of carbonyl (C=O) groups excluding carboxylic acids is 1. The average molecular weight is 296 g/mol. The number of Topliss-reactive ketones (excluding diaryl/α,β-unsaturated/α-hetero) is 1. The average Bonchev–Trinajstić information content (AvgIpc) is 2.50. The van der Waals surface area contributed by atoms with E-state index in [2.05, 4.69) is 20.8 Å². The van der Waals surface area contributed by atoms with Gasteiger partial charge in [0.05, 0.1) is 0 Å². The van der Waals surface area contributed by atoms with Crippen LogP contribution in [0.2, 0.25) is 0 Å². The summed E-state index contributed by atoms with van der Waals surface area (Å²) in [6, 6.07) is 9.64. The Balaban J connectivity index is 2.23. The number of ether oxygens (including phenoxy) is 1. The van der Waals surface area contributed by atoms with E-state index in [1.54, 1.807) is 0 Å². The Hall–Kier alpha value is -2.09. The molecule has 0 radical (unpaired) electrons. The van der Waals surface area contributed by atoms with E-state index in [9.17, 15) is 4.79 Å². The van der Waals surface area contributed by atoms with Crippen molar-refractivity contribution in [3.05, 3.63) is 63.7 Å². The van der Waals surface area contributed by atoms with Crippen molar-refractivity contribution in [3.63, 3.8) is 0 Å². The van der Waals surface area contributed by atoms with Gasteiger partial charge in [-0.25, -0.2) is 0 Å². The predicted octanol–water partition coefficient (Wildman–Crippen LogP) is 4.88. The van der Waals surface area contributed by atoms with Crippen LogP contribution in [0.25, 0.3) is 0 Å². The summed E-state index contributed by atoms with van der Waals surface area (Å²) < 4.78 is 5.96. The minimum absolute atomic E-state index is 0.00952. The summed E-state index contributed by atoms with van der Waals surface area (Å²) in [5, 5.41) is 0. The minimum Gasteiger partial charge on any atom is -0.482 e. The smallest absolute Gasteiger partial charge is 0.202 e. The molecule has 0 aliphatic heterocycles. The molecule has 2 rings (SSSR count). The van der Waals surface area contributed by atoms with Crippen molar-refractivity contribution in [2.45, 2.75) is 47.6 Å². The zero-order chi connectivity index (χ0) is 16.4. The van der Waals surface area contributed by atoms with Gasteiger partial charge in [-0.1, -0.05) is 29.8 Å². The van der Waals surface area contributed by atoms with Crippen molar-refractivity contribution in [1.29, 1.82) is 0 Å². The van der Waals surface area contributed by atoms with Gasteiger partial charge < -0.3 is 4.74 Å². The molecule has 0 aliphatic carbocycles. The van der Waals surface area contributed by atoms with Gasteiger partial charge in [0, 0.05) is 5.56 Å². The molecule has 0 fully saturated rings. The van der Waals surface area contributed by atoms with Crippen molar-refractivity contribution in [2.24, 2.45) is 0 Å². The number of hydrogen-bond acceptors (Lipinski definition) is 2. The quantitative estimate of drug-likeness (QED) is 0.752. The van der Waals surface area contributed by atoms with Gasteiger partial charge in [-0.05, 0) is 69.9 Å². The predicted molar refractivity (Wildman–Crippen MR) is 91.0 cm³/mol. The third kappa shape index (κ3) is 3.22. The second kappa shape index (κ2) is 6.35. The molecular formula is C20H24O2. The molecular weight excluding hydrogens is 272 g/mol. The summed E-state index contributed by atoms with van der Waals surface area (Å²) in [5.41, 5.74) is 6.63. The normalized spacial score (nSPS) is 12.1. The highest BCUT2D eigenvalue weighted by Crippen LogP contribution is 2.28. The SMILES string of the molecule is Cc1ccc(C(=O)C(C)Oc2cc(C)c(C)c(C)c2C)cc1. The van der Waals surface area contributed by atoms with E-state index in [4.69, 9.17) is 4.74 Å². The fourth-order valence-electron chi connectivity index (χ4n) is 2.49. The van der Waals surface area contributed by atoms with Gasteiger partial charge in [-0.3, -0.25) is 4.79 Å². The molecule has 1 unspecified atom stereocenters. The lowest BCUT2D eigenvalue weighted by molar-refractivity contribution is 0.0817. The fourth-order valence-corrected chi connectivity index (χ4v) is 2.49. The molecule has 1 atom stereocenters. The van der Waals surface area contributed by atoms with Gasteiger partial charge in [0.2, 0.25) is 5.78 Å². The molecule has 0 N–H and O–H groups in total. The van der Waals surface area contributed by atoms with Crippen molar-refractivity contribution in [2.75, 3.05) is 0 Å². The molecule has 116 valence electrons. The molecule has 0 heterocycles. The standard InChI is InChI=1S/C20H24O2/c1-12-7-9-18(10-8-12)20(21)17(6)22-19-11-13(2)14(3)15(4)16(19)5/h7-11,17H,1-6H3. The maximum absolute atomic E-state index is 12.5. The van der Waals surface area contributed by atoms with Crippen LogP contribution >= 0.6 is 0 Å². The molecule has 0 saturated heterocycles. The topological polar surface area (TPSA) is 26.3 Å². The zero-order valence-corrected chi connectivity index (χ0v) is 14.3. The second-order valence-electron chi connectivity index (χ2n) is 6.06. The van der Waals surface area contributed by atoms with E-state index in [0.717, 1.165) is 16.9 Å². The maximum atomic E-state index is 12.5. The van der Waals surface area contributed by atoms with Crippen LogP contribution in [0.1, 0.15) is 45.1 Å². The molecule has 2 aromatic rings. The largest absolute Gasteiger partial charge is 0.482 e. The number of hydrogen-bond donors (Lipinski definition) is 0. The highest BCUT2D eigenvalue weighted by molar-refractivity contribution is 5.99. The van der Waals surface area contributed by atoms with Crippen LogP contribution in [0.3, 0.4) is 0 Å². The van der Waals surface area contributed by atoms with Crippen LogP contribution in [-0.4, -0.2) is 11.9 Å². The monoisotopic (exact) mass is 296 g/mol. The van der Waals surface area contributed by atoms with Crippen molar-refractivity contribution < 1.29 is 9.53 Å². The van der Waals surface area contributed by atoms with Crippen LogP contribution in [0.4, 0.5) is 0 Å². The summed E-state index contributed by atoms with van der Waals surface area (Å²) in [7, 11) is 0. The summed E-state index contributed by atoms with van der Waals surface area (Å²) in [6.07, 6.45) is -0.497. The van der Waals surface area contributed by atoms with Crippen LogP contribution in [-0.2, 0) is 0 Å². The van der Waals surface area contributed by atoms with E-state index in [-0.39, 0.29) is 5.78 Å². The van der Waals surface area contributed by atoms with E-state index < -0.39 is 6.10 Å². The van der Waals surface area contributed by atoms with E-state index in [1.165, 1.54) is 16.7 Å². The number of benzene rings is 2. The molecule has 0 saturated carbocycles. The Labute approximate surface area is 133 Å². The number of ketones is 1. The Kier molecular flexibility index (Phi) is 4.70. The van der Waals surface area contributed by atoms with Gasteiger partial charge in [0.25, 0.3) is 0 Å². The second-order valence-corrected chi connectivity index (χ2v) is 6.06. The minimum atomic E-state index is -0.497. The summed E-state index contributed by atoms with van der Waals surface area (Å²) in [5.74, 6) is 0.809. The third-order valence-electron chi connectivity index (χ3n) is 4.44. The molecule has 0 amide bonds. The summed E-state index contributed by atoms with van der Waals surface area (Å²) in [6.45, 7) is 12.1. The Morgan fingerprint density at radius 3 is 2.09 bits per heavy atom. The van der Waals surface area contributed by atoms with Crippen LogP contribution in [0, 0.1) is 34.6 Å². The number of aryl methyl sites for hydroxylation is 2. The van der Waals surface area contributed by atoms with Crippen LogP contribution < -0.4 is 4.74 Å². The fraction of sp³-hybridized carbons (Fsp3) is 0.350. The zero-order valence-electron chi connectivity index (χ0n) is 14.3. The van der Waals surface area contributed by atoms with E-state index >= 15 is 0 Å². The lowest BCUT2D eigenvalue weighted by atomic mass is 9.98. The van der Waals surface area contributed by atoms with E-state index in [0.29, 0.717) is 5.56 Å². The molecule has 2 nitrogen and oxygen atoms in total. The lowest BCUT2D eigenvalue weighted by Crippen LogP contribution is -2.24. The molecule has 22 heavy (non-hydrogen) atoms. The van der Waals surface area contributed by atoms with Crippen molar-refractivity contribution >= 4 is 5.78 Å². The van der Waals surface area contributed by atoms with Gasteiger partial charge in [-0.2, -0.15) is 0 Å². The van der Waals surface area contributed by atoms with Gasteiger partial charge in [0.1, 0.15) is 5.75 Å². The van der Waals surface area contributed by atoms with Crippen molar-refractivity contribution in [1.82, 2.24) is 0 Å². The number of rotatable bonds is 4. The lowest BCUT2D eigenvalue weighted by Gasteiger charge is -2.19. The highest BCUT2D eigenvalue weighted by Gasteiger charge is 2.18. The maximum Gasteiger partial charge on any atom is 0.202 e. The highest BCUT2D eigenvalue weighted by atomic mass is 16.5. The first kappa shape index (κ1) is 16.3. The first-order chi connectivity index (χ1) is 10.3. The van der Waals surface area contributed by atoms with E-state index in [1.807, 2.05) is 51.1 Å². The molecule has 0 aromatic heterocycles.